The number of nitrogens with zero attached hydrogens (tertiary/aromatic N) is 1. The van der Waals surface area contributed by atoms with Gasteiger partial charge in [-0.2, -0.15) is 13.2 Å². The van der Waals surface area contributed by atoms with Crippen LogP contribution in [0.3, 0.4) is 0 Å². The first-order chi connectivity index (χ1) is 15.3. The third-order valence-electron chi connectivity index (χ3n) is 4.92. The first kappa shape index (κ1) is 23.4. The lowest BCUT2D eigenvalue weighted by Crippen LogP contribution is -2.19. The van der Waals surface area contributed by atoms with Crippen molar-refractivity contribution in [3.05, 3.63) is 95.6 Å². The van der Waals surface area contributed by atoms with Gasteiger partial charge < -0.3 is 14.4 Å². The number of rotatable bonds is 8. The van der Waals surface area contributed by atoms with E-state index >= 15 is 0 Å². The lowest BCUT2D eigenvalue weighted by Gasteiger charge is -2.20. The fourth-order valence-corrected chi connectivity index (χ4v) is 3.33. The molecule has 0 unspecified atom stereocenters. The Hall–Kier alpha value is -3.25. The van der Waals surface area contributed by atoms with Crippen LogP contribution in [0.4, 0.5) is 13.2 Å². The molecule has 0 N–H and O–H groups in total. The maximum absolute atomic E-state index is 14.4. The van der Waals surface area contributed by atoms with E-state index in [-0.39, 0.29) is 11.1 Å². The van der Waals surface area contributed by atoms with Crippen LogP contribution in [0.5, 0.6) is 11.5 Å². The molecule has 0 aliphatic carbocycles. The SMILES string of the molecule is COc1ccc(/C(=C(\c2ccccc2)c2ccc(OCCN(C)C)cc2)C(F)(F)F)cc1. The average Bonchev–Trinajstić information content (AvgIpc) is 2.78. The van der Waals surface area contributed by atoms with Gasteiger partial charge in [0.1, 0.15) is 18.1 Å². The first-order valence-corrected chi connectivity index (χ1v) is 10.2. The molecule has 0 atom stereocenters. The van der Waals surface area contributed by atoms with Gasteiger partial charge in [-0.3, -0.25) is 0 Å². The summed E-state index contributed by atoms with van der Waals surface area (Å²) < 4.78 is 54.0. The van der Waals surface area contributed by atoms with E-state index in [0.29, 0.717) is 29.2 Å². The van der Waals surface area contributed by atoms with Gasteiger partial charge in [-0.1, -0.05) is 54.6 Å². The van der Waals surface area contributed by atoms with Crippen molar-refractivity contribution in [2.24, 2.45) is 0 Å². The molecule has 0 saturated heterocycles. The van der Waals surface area contributed by atoms with Crippen LogP contribution in [0.2, 0.25) is 0 Å². The van der Waals surface area contributed by atoms with Crippen molar-refractivity contribution in [1.29, 1.82) is 0 Å². The van der Waals surface area contributed by atoms with Crippen molar-refractivity contribution in [3.8, 4) is 11.5 Å². The zero-order valence-electron chi connectivity index (χ0n) is 18.3. The highest BCUT2D eigenvalue weighted by Crippen LogP contribution is 2.43. The summed E-state index contributed by atoms with van der Waals surface area (Å²) in [6.45, 7) is 1.24. The number of alkyl halides is 3. The van der Waals surface area contributed by atoms with Crippen molar-refractivity contribution in [2.45, 2.75) is 6.18 Å². The molecule has 168 valence electrons. The number of hydrogen-bond acceptors (Lipinski definition) is 3. The van der Waals surface area contributed by atoms with Crippen molar-refractivity contribution in [2.75, 3.05) is 34.4 Å². The van der Waals surface area contributed by atoms with Crippen molar-refractivity contribution in [3.63, 3.8) is 0 Å². The monoisotopic (exact) mass is 441 g/mol. The predicted molar refractivity (Wildman–Crippen MR) is 122 cm³/mol. The highest BCUT2D eigenvalue weighted by Gasteiger charge is 2.38. The van der Waals surface area contributed by atoms with Crippen LogP contribution < -0.4 is 9.47 Å². The second-order valence-electron chi connectivity index (χ2n) is 7.52. The summed E-state index contributed by atoms with van der Waals surface area (Å²) in [6.07, 6.45) is -4.57. The van der Waals surface area contributed by atoms with Crippen LogP contribution in [0, 0.1) is 0 Å². The number of methoxy groups -OCH3 is 1. The molecular formula is C26H26F3NO2. The van der Waals surface area contributed by atoms with E-state index < -0.39 is 11.7 Å². The normalized spacial score (nSPS) is 12.5. The Bertz CT molecular complexity index is 1030. The molecule has 0 bridgehead atoms. The van der Waals surface area contributed by atoms with Gasteiger partial charge in [0.05, 0.1) is 12.7 Å². The molecule has 6 heteroatoms. The standard InChI is InChI=1S/C26H26F3NO2/c1-30(2)17-18-32-23-15-9-20(10-16-23)24(19-7-5-4-6-8-19)25(26(27,28)29)21-11-13-22(31-3)14-12-21/h4-16H,17-18H2,1-3H3/b25-24-. The van der Waals surface area contributed by atoms with Crippen LogP contribution in [0.15, 0.2) is 78.9 Å². The van der Waals surface area contributed by atoms with Crippen LogP contribution in [-0.4, -0.2) is 45.4 Å². The Balaban J connectivity index is 2.12. The van der Waals surface area contributed by atoms with E-state index in [2.05, 4.69) is 0 Å². The van der Waals surface area contributed by atoms with Gasteiger partial charge in [0.15, 0.2) is 0 Å². The molecule has 0 amide bonds. The fourth-order valence-electron chi connectivity index (χ4n) is 3.33. The van der Waals surface area contributed by atoms with Crippen LogP contribution >= 0.6 is 0 Å². The number of halogens is 3. The quantitative estimate of drug-likeness (QED) is 0.391. The van der Waals surface area contributed by atoms with Crippen molar-refractivity contribution in [1.82, 2.24) is 4.90 Å². The zero-order chi connectivity index (χ0) is 23.1. The summed E-state index contributed by atoms with van der Waals surface area (Å²) in [7, 11) is 5.37. The van der Waals surface area contributed by atoms with Gasteiger partial charge in [-0.15, -0.1) is 0 Å². The Morgan fingerprint density at radius 2 is 1.28 bits per heavy atom. The fraction of sp³-hybridized carbons (Fsp3) is 0.231. The predicted octanol–water partition coefficient (Wildman–Crippen LogP) is 6.16. The maximum atomic E-state index is 14.4. The summed E-state index contributed by atoms with van der Waals surface area (Å²) in [5, 5.41) is 0. The third-order valence-corrected chi connectivity index (χ3v) is 4.92. The molecule has 0 fully saturated rings. The van der Waals surface area contributed by atoms with E-state index in [1.165, 1.54) is 31.4 Å². The average molecular weight is 441 g/mol. The molecule has 0 saturated carbocycles. The molecule has 3 aromatic carbocycles. The van der Waals surface area contributed by atoms with E-state index in [4.69, 9.17) is 9.47 Å². The van der Waals surface area contributed by atoms with Gasteiger partial charge in [0.2, 0.25) is 0 Å². The second kappa shape index (κ2) is 10.4. The maximum Gasteiger partial charge on any atom is 0.417 e. The minimum Gasteiger partial charge on any atom is -0.497 e. The molecule has 0 aliphatic rings. The molecular weight excluding hydrogens is 415 g/mol. The molecule has 0 radical (unpaired) electrons. The molecule has 0 heterocycles. The van der Waals surface area contributed by atoms with Gasteiger partial charge in [-0.05, 0) is 55.1 Å². The molecule has 32 heavy (non-hydrogen) atoms. The van der Waals surface area contributed by atoms with Crippen LogP contribution in [-0.2, 0) is 0 Å². The molecule has 0 spiro atoms. The minimum absolute atomic E-state index is 0.0727. The summed E-state index contributed by atoms with van der Waals surface area (Å²) in [5.41, 5.74) is 0.426. The summed E-state index contributed by atoms with van der Waals surface area (Å²) in [6, 6.07) is 21.3. The molecule has 3 aromatic rings. The Labute approximate surface area is 186 Å². The number of hydrogen-bond donors (Lipinski definition) is 0. The second-order valence-corrected chi connectivity index (χ2v) is 7.52. The minimum atomic E-state index is -4.57. The number of allylic oxidation sites excluding steroid dienone is 1. The third kappa shape index (κ3) is 5.92. The molecule has 3 rings (SSSR count). The lowest BCUT2D eigenvalue weighted by atomic mass is 9.89. The van der Waals surface area contributed by atoms with E-state index in [1.54, 1.807) is 54.6 Å². The van der Waals surface area contributed by atoms with Gasteiger partial charge in [-0.25, -0.2) is 0 Å². The van der Waals surface area contributed by atoms with Crippen molar-refractivity contribution < 1.29 is 22.6 Å². The van der Waals surface area contributed by atoms with Gasteiger partial charge in [0.25, 0.3) is 0 Å². The van der Waals surface area contributed by atoms with Crippen LogP contribution in [0.25, 0.3) is 11.1 Å². The summed E-state index contributed by atoms with van der Waals surface area (Å²) in [5.74, 6) is 1.11. The molecule has 0 aromatic heterocycles. The van der Waals surface area contributed by atoms with Crippen molar-refractivity contribution >= 4 is 11.1 Å². The van der Waals surface area contributed by atoms with Gasteiger partial charge in [0, 0.05) is 12.1 Å². The lowest BCUT2D eigenvalue weighted by molar-refractivity contribution is -0.0685. The highest BCUT2D eigenvalue weighted by molar-refractivity contribution is 6.00. The van der Waals surface area contributed by atoms with E-state index in [0.717, 1.165) is 6.54 Å². The Kier molecular flexibility index (Phi) is 7.59. The summed E-state index contributed by atoms with van der Waals surface area (Å²) in [4.78, 5) is 2.00. The summed E-state index contributed by atoms with van der Waals surface area (Å²) >= 11 is 0. The van der Waals surface area contributed by atoms with E-state index in [9.17, 15) is 13.2 Å². The Morgan fingerprint density at radius 3 is 1.81 bits per heavy atom. The first-order valence-electron chi connectivity index (χ1n) is 10.2. The topological polar surface area (TPSA) is 21.7 Å². The Morgan fingerprint density at radius 1 is 0.750 bits per heavy atom. The van der Waals surface area contributed by atoms with Crippen LogP contribution in [0.1, 0.15) is 16.7 Å². The smallest absolute Gasteiger partial charge is 0.417 e. The van der Waals surface area contributed by atoms with Gasteiger partial charge >= 0.3 is 6.18 Å². The molecule has 0 aliphatic heterocycles. The number of likely N-dealkylation sites (N-methyl/N-ethyl adjacent to an activating group) is 1. The number of benzene rings is 3. The zero-order valence-corrected chi connectivity index (χ0v) is 18.3. The molecule has 3 nitrogen and oxygen atoms in total. The largest absolute Gasteiger partial charge is 0.497 e. The van der Waals surface area contributed by atoms with E-state index in [1.807, 2.05) is 19.0 Å². The highest BCUT2D eigenvalue weighted by atomic mass is 19.4. The number of ether oxygens (including phenoxy) is 2.